The highest BCUT2D eigenvalue weighted by atomic mass is 32.1. The standard InChI is InChI=1S/C33H41N3O5S/c1-7-25(41-32(39)27-20-11-9-10-12-23(20)34-24-15-16-36(6)18-22(24)27)29(37)35-30-28(31(38)40-8-2)21-14-13-19(33(3,4)5)17-26(21)42-30/h9-12,19,25H,7-8,13-18H2,1-6H3,(H,35,37). The van der Waals surface area contributed by atoms with Crippen molar-refractivity contribution >= 4 is 45.1 Å². The topological polar surface area (TPSA) is 97.8 Å². The lowest BCUT2D eigenvalue weighted by molar-refractivity contribution is -0.124. The molecule has 0 saturated heterocycles. The Balaban J connectivity index is 1.43. The van der Waals surface area contributed by atoms with E-state index in [2.05, 4.69) is 31.0 Å². The number of thiophene rings is 1. The Morgan fingerprint density at radius 1 is 1.10 bits per heavy atom. The number of ether oxygens (including phenoxy) is 2. The van der Waals surface area contributed by atoms with Gasteiger partial charge >= 0.3 is 11.9 Å². The number of rotatable bonds is 7. The summed E-state index contributed by atoms with van der Waals surface area (Å²) in [7, 11) is 2.01. The molecule has 8 nitrogen and oxygen atoms in total. The molecule has 1 amide bonds. The fraction of sp³-hybridized carbons (Fsp3) is 0.515. The number of amides is 1. The van der Waals surface area contributed by atoms with Crippen LogP contribution < -0.4 is 5.32 Å². The van der Waals surface area contributed by atoms with Crippen LogP contribution in [0.3, 0.4) is 0 Å². The number of esters is 2. The van der Waals surface area contributed by atoms with Crippen molar-refractivity contribution < 1.29 is 23.9 Å². The largest absolute Gasteiger partial charge is 0.462 e. The van der Waals surface area contributed by atoms with E-state index in [0.29, 0.717) is 28.6 Å². The van der Waals surface area contributed by atoms with Gasteiger partial charge in [-0.05, 0) is 62.6 Å². The number of likely N-dealkylation sites (N-methyl/N-ethyl adjacent to an activating group) is 1. The summed E-state index contributed by atoms with van der Waals surface area (Å²) in [5.74, 6) is -0.937. The minimum absolute atomic E-state index is 0.141. The van der Waals surface area contributed by atoms with Gasteiger partial charge in [0, 0.05) is 41.0 Å². The summed E-state index contributed by atoms with van der Waals surface area (Å²) >= 11 is 1.44. The first-order valence-electron chi connectivity index (χ1n) is 14.9. The van der Waals surface area contributed by atoms with Crippen LogP contribution in [0.15, 0.2) is 24.3 Å². The van der Waals surface area contributed by atoms with Crippen molar-refractivity contribution in [3.63, 3.8) is 0 Å². The number of pyridine rings is 1. The molecular weight excluding hydrogens is 550 g/mol. The van der Waals surface area contributed by atoms with E-state index in [-0.39, 0.29) is 18.4 Å². The van der Waals surface area contributed by atoms with E-state index in [1.807, 2.05) is 38.2 Å². The van der Waals surface area contributed by atoms with Gasteiger partial charge in [0.05, 0.1) is 23.3 Å². The molecule has 2 aromatic heterocycles. The van der Waals surface area contributed by atoms with Crippen molar-refractivity contribution in [2.75, 3.05) is 25.5 Å². The number of hydrogen-bond acceptors (Lipinski definition) is 8. The van der Waals surface area contributed by atoms with E-state index in [1.165, 1.54) is 11.3 Å². The first-order valence-corrected chi connectivity index (χ1v) is 15.8. The van der Waals surface area contributed by atoms with Crippen molar-refractivity contribution in [3.8, 4) is 0 Å². The molecule has 224 valence electrons. The predicted octanol–water partition coefficient (Wildman–Crippen LogP) is 6.19. The molecular formula is C33H41N3O5S. The third-order valence-corrected chi connectivity index (χ3v) is 9.73. The number of fused-ring (bicyclic) bond motifs is 3. The second-order valence-corrected chi connectivity index (χ2v) is 13.5. The zero-order chi connectivity index (χ0) is 30.2. The van der Waals surface area contributed by atoms with Gasteiger partial charge in [-0.1, -0.05) is 45.9 Å². The lowest BCUT2D eigenvalue weighted by Crippen LogP contribution is -2.34. The van der Waals surface area contributed by atoms with Crippen LogP contribution in [0.1, 0.15) is 89.9 Å². The second kappa shape index (κ2) is 12.1. The summed E-state index contributed by atoms with van der Waals surface area (Å²) in [6.45, 7) is 12.0. The van der Waals surface area contributed by atoms with Crippen molar-refractivity contribution in [1.29, 1.82) is 0 Å². The van der Waals surface area contributed by atoms with Crippen LogP contribution in [-0.4, -0.2) is 54.0 Å². The highest BCUT2D eigenvalue weighted by Crippen LogP contribution is 2.44. The van der Waals surface area contributed by atoms with Gasteiger partial charge in [-0.3, -0.25) is 9.78 Å². The molecule has 3 aromatic rings. The van der Waals surface area contributed by atoms with Crippen LogP contribution in [0.4, 0.5) is 5.00 Å². The van der Waals surface area contributed by atoms with Crippen molar-refractivity contribution in [1.82, 2.24) is 9.88 Å². The average molecular weight is 592 g/mol. The Bertz CT molecular complexity index is 1520. The number of benzene rings is 1. The molecule has 0 fully saturated rings. The van der Waals surface area contributed by atoms with Crippen LogP contribution in [0, 0.1) is 11.3 Å². The molecule has 1 aliphatic heterocycles. The molecule has 0 saturated carbocycles. The highest BCUT2D eigenvalue weighted by molar-refractivity contribution is 7.17. The fourth-order valence-corrected chi connectivity index (χ4v) is 7.41. The monoisotopic (exact) mass is 591 g/mol. The van der Waals surface area contributed by atoms with Crippen molar-refractivity contribution in [2.45, 2.75) is 79.4 Å². The number of anilines is 1. The smallest absolute Gasteiger partial charge is 0.341 e. The van der Waals surface area contributed by atoms with Gasteiger partial charge in [-0.15, -0.1) is 11.3 Å². The Kier molecular flexibility index (Phi) is 8.71. The number of para-hydroxylation sites is 1. The molecule has 42 heavy (non-hydrogen) atoms. The van der Waals surface area contributed by atoms with Gasteiger partial charge in [-0.25, -0.2) is 9.59 Å². The molecule has 2 unspecified atom stereocenters. The number of carbonyl (C=O) groups is 3. The van der Waals surface area contributed by atoms with Gasteiger partial charge in [0.15, 0.2) is 6.10 Å². The number of hydrogen-bond donors (Lipinski definition) is 1. The number of carbonyl (C=O) groups excluding carboxylic acids is 3. The zero-order valence-corrected chi connectivity index (χ0v) is 26.3. The Morgan fingerprint density at radius 2 is 1.86 bits per heavy atom. The lowest BCUT2D eigenvalue weighted by atomic mass is 9.72. The van der Waals surface area contributed by atoms with Gasteiger partial charge in [-0.2, -0.15) is 0 Å². The normalized spacial score (nSPS) is 17.7. The summed E-state index contributed by atoms with van der Waals surface area (Å²) < 4.78 is 11.3. The van der Waals surface area contributed by atoms with Crippen LogP contribution in [0.2, 0.25) is 0 Å². The first-order chi connectivity index (χ1) is 20.0. The first kappa shape index (κ1) is 30.2. The van der Waals surface area contributed by atoms with Gasteiger partial charge in [0.1, 0.15) is 5.00 Å². The Morgan fingerprint density at radius 3 is 2.57 bits per heavy atom. The summed E-state index contributed by atoms with van der Waals surface area (Å²) in [5, 5.41) is 4.15. The molecule has 3 heterocycles. The Labute approximate surface area is 251 Å². The third kappa shape index (κ3) is 5.95. The molecule has 0 bridgehead atoms. The molecule has 9 heteroatoms. The third-order valence-electron chi connectivity index (χ3n) is 8.56. The van der Waals surface area contributed by atoms with Crippen LogP contribution in [0.5, 0.6) is 0 Å². The predicted molar refractivity (Wildman–Crippen MR) is 165 cm³/mol. The summed E-state index contributed by atoms with van der Waals surface area (Å²) in [4.78, 5) is 48.6. The maximum Gasteiger partial charge on any atom is 0.341 e. The maximum atomic E-state index is 13.8. The van der Waals surface area contributed by atoms with E-state index in [9.17, 15) is 14.4 Å². The number of nitrogens with one attached hydrogen (secondary N) is 1. The van der Waals surface area contributed by atoms with Gasteiger partial charge < -0.3 is 19.7 Å². The van der Waals surface area contributed by atoms with E-state index >= 15 is 0 Å². The molecule has 1 aromatic carbocycles. The molecule has 0 spiro atoms. The number of aromatic nitrogens is 1. The fourth-order valence-electron chi connectivity index (χ4n) is 6.09. The van der Waals surface area contributed by atoms with Crippen molar-refractivity contribution in [2.24, 2.45) is 11.3 Å². The van der Waals surface area contributed by atoms with Crippen LogP contribution in [-0.2, 0) is 40.1 Å². The van der Waals surface area contributed by atoms with Gasteiger partial charge in [0.25, 0.3) is 5.91 Å². The van der Waals surface area contributed by atoms with Crippen molar-refractivity contribution in [3.05, 3.63) is 57.1 Å². The van der Waals surface area contributed by atoms with Crippen LogP contribution >= 0.6 is 11.3 Å². The lowest BCUT2D eigenvalue weighted by Gasteiger charge is -2.33. The van der Waals surface area contributed by atoms with E-state index in [4.69, 9.17) is 14.5 Å². The average Bonchev–Trinajstić information content (AvgIpc) is 3.31. The molecule has 5 rings (SSSR count). The van der Waals surface area contributed by atoms with E-state index in [0.717, 1.165) is 64.8 Å². The number of nitrogens with zero attached hydrogens (tertiary/aromatic N) is 2. The second-order valence-electron chi connectivity index (χ2n) is 12.4. The molecule has 1 N–H and O–H groups in total. The molecule has 0 radical (unpaired) electrons. The summed E-state index contributed by atoms with van der Waals surface area (Å²) in [5.41, 5.74) is 4.51. The molecule has 2 aliphatic rings. The maximum absolute atomic E-state index is 13.8. The highest BCUT2D eigenvalue weighted by Gasteiger charge is 2.36. The minimum Gasteiger partial charge on any atom is -0.462 e. The van der Waals surface area contributed by atoms with E-state index in [1.54, 1.807) is 6.92 Å². The van der Waals surface area contributed by atoms with Gasteiger partial charge in [0.2, 0.25) is 0 Å². The zero-order valence-electron chi connectivity index (χ0n) is 25.5. The van der Waals surface area contributed by atoms with E-state index < -0.39 is 23.9 Å². The Hall–Kier alpha value is -3.30. The summed E-state index contributed by atoms with van der Waals surface area (Å²) in [6, 6.07) is 7.55. The molecule has 2 atom stereocenters. The molecule has 1 aliphatic carbocycles. The minimum atomic E-state index is -1.03. The quantitative estimate of drug-likeness (QED) is 0.328. The SMILES string of the molecule is CCOC(=O)c1c(NC(=O)C(CC)OC(=O)c2c3c(nc4ccccc24)CCN(C)C3)sc2c1CCC(C(C)(C)C)C2. The summed E-state index contributed by atoms with van der Waals surface area (Å²) in [6.07, 6.45) is 2.59. The van der Waals surface area contributed by atoms with Crippen LogP contribution in [0.25, 0.3) is 10.9 Å².